The molecule has 1 heterocycles. The van der Waals surface area contributed by atoms with E-state index in [4.69, 9.17) is 0 Å². The summed E-state index contributed by atoms with van der Waals surface area (Å²) in [4.78, 5) is 13.3. The van der Waals surface area contributed by atoms with Crippen LogP contribution < -0.4 is 10.2 Å². The highest BCUT2D eigenvalue weighted by Gasteiger charge is 2.33. The molecule has 84 valence electrons. The maximum atomic E-state index is 12.3. The fourth-order valence-electron chi connectivity index (χ4n) is 0.857. The molecule has 0 aliphatic carbocycles. The zero-order valence-corrected chi connectivity index (χ0v) is 9.15. The summed E-state index contributed by atoms with van der Waals surface area (Å²) < 4.78 is 51.3. The van der Waals surface area contributed by atoms with Crippen LogP contribution in [-0.2, 0) is 6.67 Å². The molecule has 0 fully saturated rings. The van der Waals surface area contributed by atoms with Gasteiger partial charge in [-0.3, -0.25) is 4.79 Å². The van der Waals surface area contributed by atoms with E-state index < -0.39 is 29.9 Å². The lowest BCUT2D eigenvalue weighted by molar-refractivity contribution is -0.276. The van der Waals surface area contributed by atoms with Crippen molar-refractivity contribution in [2.75, 3.05) is 0 Å². The van der Waals surface area contributed by atoms with E-state index in [1.165, 1.54) is 0 Å². The summed E-state index contributed by atoms with van der Waals surface area (Å²) in [5, 5.41) is 0. The predicted molar refractivity (Wildman–Crippen MR) is 51.3 cm³/mol. The number of aromatic nitrogens is 1. The van der Waals surface area contributed by atoms with Crippen LogP contribution in [0.4, 0.5) is 17.6 Å². The highest BCUT2D eigenvalue weighted by atomic mass is 127. The Morgan fingerprint density at radius 1 is 1.47 bits per heavy atom. The van der Waals surface area contributed by atoms with Crippen LogP contribution in [0.3, 0.4) is 0 Å². The lowest BCUT2D eigenvalue weighted by Gasteiger charge is -2.10. The van der Waals surface area contributed by atoms with Crippen LogP contribution >= 0.6 is 22.6 Å². The van der Waals surface area contributed by atoms with Gasteiger partial charge in [-0.1, -0.05) is 0 Å². The number of alkyl halides is 4. The van der Waals surface area contributed by atoms with E-state index in [1.807, 2.05) is 0 Å². The van der Waals surface area contributed by atoms with Gasteiger partial charge in [0.15, 0.2) is 0 Å². The Hall–Kier alpha value is -0.800. The smallest absolute Gasteiger partial charge is 0.389 e. The van der Waals surface area contributed by atoms with Crippen LogP contribution in [0.5, 0.6) is 5.88 Å². The molecule has 1 aromatic heterocycles. The standard InChI is InChI=1S/C7H4F4INO2/c8-1-3-5(14)4(12)2-13-6(3)15-7(9,10)11/h2H,1H2,(H,13,14). The number of H-pyrrole nitrogens is 1. The van der Waals surface area contributed by atoms with Crippen LogP contribution in [0.25, 0.3) is 0 Å². The molecule has 0 saturated carbocycles. The van der Waals surface area contributed by atoms with Gasteiger partial charge in [0.05, 0.1) is 9.13 Å². The van der Waals surface area contributed by atoms with Gasteiger partial charge >= 0.3 is 6.36 Å². The Bertz CT molecular complexity index is 414. The van der Waals surface area contributed by atoms with E-state index >= 15 is 0 Å². The molecule has 0 atom stereocenters. The van der Waals surface area contributed by atoms with Gasteiger partial charge in [0.25, 0.3) is 0 Å². The normalized spacial score (nSPS) is 11.5. The number of hydrogen-bond donors (Lipinski definition) is 1. The fraction of sp³-hybridized carbons (Fsp3) is 0.286. The maximum Gasteiger partial charge on any atom is 0.574 e. The second-order valence-electron chi connectivity index (χ2n) is 2.45. The van der Waals surface area contributed by atoms with E-state index in [0.717, 1.165) is 6.20 Å². The van der Waals surface area contributed by atoms with E-state index in [1.54, 1.807) is 22.6 Å². The minimum Gasteiger partial charge on any atom is -0.389 e. The van der Waals surface area contributed by atoms with E-state index in [-0.39, 0.29) is 3.57 Å². The first-order valence-corrected chi connectivity index (χ1v) is 4.65. The quantitative estimate of drug-likeness (QED) is 0.665. The van der Waals surface area contributed by atoms with Crippen molar-refractivity contribution in [2.24, 2.45) is 0 Å². The SMILES string of the molecule is O=c1c(I)c[nH]c(OC(F)(F)F)c1CF. The van der Waals surface area contributed by atoms with Crippen molar-refractivity contribution in [3.8, 4) is 5.88 Å². The van der Waals surface area contributed by atoms with E-state index in [2.05, 4.69) is 9.72 Å². The molecule has 15 heavy (non-hydrogen) atoms. The zero-order valence-electron chi connectivity index (χ0n) is 6.99. The number of ether oxygens (including phenoxy) is 1. The van der Waals surface area contributed by atoms with Gasteiger partial charge in [0.1, 0.15) is 6.67 Å². The Kier molecular flexibility index (Phi) is 3.58. The third-order valence-corrected chi connectivity index (χ3v) is 2.25. The van der Waals surface area contributed by atoms with Crippen LogP contribution in [0.15, 0.2) is 11.0 Å². The minimum atomic E-state index is -4.96. The third-order valence-electron chi connectivity index (χ3n) is 1.45. The van der Waals surface area contributed by atoms with Gasteiger partial charge in [0, 0.05) is 6.20 Å². The molecule has 1 N–H and O–H groups in total. The molecule has 0 saturated heterocycles. The van der Waals surface area contributed by atoms with Crippen LogP contribution in [-0.4, -0.2) is 11.3 Å². The van der Waals surface area contributed by atoms with Crippen molar-refractivity contribution < 1.29 is 22.3 Å². The monoisotopic (exact) mass is 337 g/mol. The van der Waals surface area contributed by atoms with Gasteiger partial charge in [-0.05, 0) is 22.6 Å². The summed E-state index contributed by atoms with van der Waals surface area (Å²) in [5.74, 6) is -0.907. The van der Waals surface area contributed by atoms with Crippen molar-refractivity contribution in [3.05, 3.63) is 25.6 Å². The number of aromatic amines is 1. The number of rotatable bonds is 2. The minimum absolute atomic E-state index is 0.0924. The topological polar surface area (TPSA) is 42.1 Å². The first-order chi connectivity index (χ1) is 6.85. The van der Waals surface area contributed by atoms with Crippen molar-refractivity contribution >= 4 is 22.6 Å². The molecule has 3 nitrogen and oxygen atoms in total. The van der Waals surface area contributed by atoms with Crippen molar-refractivity contribution in [1.82, 2.24) is 4.98 Å². The van der Waals surface area contributed by atoms with Crippen molar-refractivity contribution in [1.29, 1.82) is 0 Å². The highest BCUT2D eigenvalue weighted by molar-refractivity contribution is 14.1. The maximum absolute atomic E-state index is 12.3. The first-order valence-electron chi connectivity index (χ1n) is 3.57. The molecular formula is C7H4F4INO2. The second-order valence-corrected chi connectivity index (χ2v) is 3.62. The molecule has 0 spiro atoms. The Morgan fingerprint density at radius 2 is 2.07 bits per heavy atom. The molecule has 8 heteroatoms. The molecule has 0 amide bonds. The summed E-state index contributed by atoms with van der Waals surface area (Å²) in [7, 11) is 0. The molecule has 1 aromatic rings. The molecule has 1 rings (SSSR count). The molecule has 0 radical (unpaired) electrons. The Morgan fingerprint density at radius 3 is 2.53 bits per heavy atom. The zero-order chi connectivity index (χ0) is 11.6. The summed E-state index contributed by atoms with van der Waals surface area (Å²) in [6, 6.07) is 0. The van der Waals surface area contributed by atoms with Crippen molar-refractivity contribution in [3.63, 3.8) is 0 Å². The van der Waals surface area contributed by atoms with Gasteiger partial charge in [-0.2, -0.15) is 0 Å². The summed E-state index contributed by atoms with van der Waals surface area (Å²) in [5.41, 5.74) is -1.48. The second kappa shape index (κ2) is 4.37. The Balaban J connectivity index is 3.20. The largest absolute Gasteiger partial charge is 0.574 e. The number of halogens is 5. The van der Waals surface area contributed by atoms with Crippen molar-refractivity contribution in [2.45, 2.75) is 13.0 Å². The number of hydrogen-bond acceptors (Lipinski definition) is 2. The summed E-state index contributed by atoms with van der Waals surface area (Å²) >= 11 is 1.58. The summed E-state index contributed by atoms with van der Waals surface area (Å²) in [6.45, 7) is -1.32. The number of nitrogens with one attached hydrogen (secondary N) is 1. The highest BCUT2D eigenvalue weighted by Crippen LogP contribution is 2.23. The average molecular weight is 337 g/mol. The van der Waals surface area contributed by atoms with Gasteiger partial charge in [0.2, 0.25) is 11.3 Å². The lowest BCUT2D eigenvalue weighted by Crippen LogP contribution is -2.22. The fourth-order valence-corrected chi connectivity index (χ4v) is 1.34. The van der Waals surface area contributed by atoms with Crippen LogP contribution in [0.1, 0.15) is 5.56 Å². The molecule has 0 unspecified atom stereocenters. The Labute approximate surface area is 94.6 Å². The first kappa shape index (κ1) is 12.3. The third kappa shape index (κ3) is 3.08. The molecule has 0 aliphatic rings. The van der Waals surface area contributed by atoms with Gasteiger partial charge < -0.3 is 9.72 Å². The molecule has 0 aliphatic heterocycles. The molecule has 0 aromatic carbocycles. The summed E-state index contributed by atoms with van der Waals surface area (Å²) in [6.07, 6.45) is -3.94. The lowest BCUT2D eigenvalue weighted by atomic mass is 10.3. The number of pyridine rings is 1. The van der Waals surface area contributed by atoms with E-state index in [0.29, 0.717) is 0 Å². The predicted octanol–water partition coefficient (Wildman–Crippen LogP) is 2.35. The molecule has 0 bridgehead atoms. The van der Waals surface area contributed by atoms with Crippen LogP contribution in [0.2, 0.25) is 0 Å². The van der Waals surface area contributed by atoms with Crippen LogP contribution in [0, 0.1) is 3.57 Å². The van der Waals surface area contributed by atoms with Gasteiger partial charge in [-0.15, -0.1) is 13.2 Å². The average Bonchev–Trinajstić information content (AvgIpc) is 2.10. The van der Waals surface area contributed by atoms with E-state index in [9.17, 15) is 22.4 Å². The van der Waals surface area contributed by atoms with Gasteiger partial charge in [-0.25, -0.2) is 4.39 Å². The molecular weight excluding hydrogens is 333 g/mol.